The average Bonchev–Trinajstić information content (AvgIpc) is 2.57. The molecule has 1 aliphatic heterocycles. The highest BCUT2D eigenvalue weighted by Crippen LogP contribution is 2.13. The monoisotopic (exact) mass is 313 g/mol. The Hall–Kier alpha value is -2.54. The lowest BCUT2D eigenvalue weighted by Crippen LogP contribution is -2.47. The van der Waals surface area contributed by atoms with Crippen molar-refractivity contribution in [2.24, 2.45) is 0 Å². The Bertz CT molecular complexity index is 695. The first-order valence-corrected chi connectivity index (χ1v) is 7.67. The van der Waals surface area contributed by atoms with E-state index in [9.17, 15) is 9.59 Å². The highest BCUT2D eigenvalue weighted by Gasteiger charge is 2.22. The fraction of sp³-hybridized carbons (Fsp3) is 0.375. The second-order valence-electron chi connectivity index (χ2n) is 5.71. The van der Waals surface area contributed by atoms with Crippen molar-refractivity contribution in [3.05, 3.63) is 58.5 Å². The van der Waals surface area contributed by atoms with E-state index < -0.39 is 0 Å². The Balaban J connectivity index is 1.57. The van der Waals surface area contributed by atoms with E-state index in [-0.39, 0.29) is 23.2 Å². The topological polar surface area (TPSA) is 91.0 Å². The number of carbonyl (C=O) groups excluding carboxylic acids is 1. The van der Waals surface area contributed by atoms with Crippen molar-refractivity contribution in [2.75, 3.05) is 13.1 Å². The molecule has 2 aromatic rings. The van der Waals surface area contributed by atoms with Crippen LogP contribution in [-0.4, -0.2) is 44.9 Å². The lowest BCUT2D eigenvalue weighted by Gasteiger charge is -2.33. The number of amides is 1. The minimum Gasteiger partial charge on any atom is -0.347 e. The molecule has 2 N–H and O–H groups in total. The van der Waals surface area contributed by atoms with E-state index in [4.69, 9.17) is 0 Å². The Morgan fingerprint density at radius 1 is 1.43 bits per heavy atom. The van der Waals surface area contributed by atoms with Gasteiger partial charge in [0, 0.05) is 37.7 Å². The van der Waals surface area contributed by atoms with Gasteiger partial charge in [0.2, 0.25) is 0 Å². The van der Waals surface area contributed by atoms with Gasteiger partial charge in [-0.05, 0) is 31.0 Å². The third-order valence-electron chi connectivity index (χ3n) is 3.87. The predicted molar refractivity (Wildman–Crippen MR) is 84.9 cm³/mol. The smallest absolute Gasteiger partial charge is 0.271 e. The van der Waals surface area contributed by atoms with Gasteiger partial charge in [-0.3, -0.25) is 19.5 Å². The van der Waals surface area contributed by atoms with Crippen molar-refractivity contribution < 1.29 is 4.79 Å². The fourth-order valence-corrected chi connectivity index (χ4v) is 2.79. The SMILES string of the molecule is O=C(NC1CCCN(Cc2cccnc2)C1)c1c[nH]c(=O)cn1. The van der Waals surface area contributed by atoms with Crippen LogP contribution >= 0.6 is 0 Å². The third-order valence-corrected chi connectivity index (χ3v) is 3.87. The van der Waals surface area contributed by atoms with Gasteiger partial charge < -0.3 is 10.3 Å². The highest BCUT2D eigenvalue weighted by atomic mass is 16.2. The minimum atomic E-state index is -0.318. The van der Waals surface area contributed by atoms with Crippen LogP contribution in [0.25, 0.3) is 0 Å². The molecule has 0 saturated carbocycles. The summed E-state index contributed by atoms with van der Waals surface area (Å²) in [5.74, 6) is -0.255. The Labute approximate surface area is 133 Å². The molecule has 0 aromatic carbocycles. The number of nitrogens with zero attached hydrogens (tertiary/aromatic N) is 3. The first kappa shape index (κ1) is 15.4. The van der Waals surface area contributed by atoms with Gasteiger partial charge in [0.1, 0.15) is 5.69 Å². The average molecular weight is 313 g/mol. The zero-order valence-corrected chi connectivity index (χ0v) is 12.7. The molecular weight excluding hydrogens is 294 g/mol. The normalized spacial score (nSPS) is 18.5. The minimum absolute atomic E-state index is 0.0849. The van der Waals surface area contributed by atoms with Crippen LogP contribution in [0.5, 0.6) is 0 Å². The summed E-state index contributed by atoms with van der Waals surface area (Å²) in [6, 6.07) is 4.07. The van der Waals surface area contributed by atoms with E-state index in [1.807, 2.05) is 12.3 Å². The number of aromatic nitrogens is 3. The first-order valence-electron chi connectivity index (χ1n) is 7.67. The van der Waals surface area contributed by atoms with E-state index in [2.05, 4.69) is 31.2 Å². The van der Waals surface area contributed by atoms with Gasteiger partial charge in [0.05, 0.1) is 6.20 Å². The van der Waals surface area contributed by atoms with Crippen molar-refractivity contribution in [3.63, 3.8) is 0 Å². The number of hydrogen-bond donors (Lipinski definition) is 2. The molecule has 1 unspecified atom stereocenters. The maximum atomic E-state index is 12.2. The fourth-order valence-electron chi connectivity index (χ4n) is 2.79. The van der Waals surface area contributed by atoms with Gasteiger partial charge in [-0.2, -0.15) is 0 Å². The van der Waals surface area contributed by atoms with E-state index in [0.29, 0.717) is 0 Å². The number of carbonyl (C=O) groups is 1. The van der Waals surface area contributed by atoms with Crippen molar-refractivity contribution in [1.82, 2.24) is 25.2 Å². The largest absolute Gasteiger partial charge is 0.347 e. The number of pyridine rings is 1. The first-order chi connectivity index (χ1) is 11.2. The van der Waals surface area contributed by atoms with Crippen LogP contribution in [0.4, 0.5) is 0 Å². The van der Waals surface area contributed by atoms with E-state index >= 15 is 0 Å². The molecule has 120 valence electrons. The van der Waals surface area contributed by atoms with Crippen molar-refractivity contribution in [2.45, 2.75) is 25.4 Å². The number of aromatic amines is 1. The van der Waals surface area contributed by atoms with Crippen LogP contribution in [0.15, 0.2) is 41.7 Å². The van der Waals surface area contributed by atoms with Crippen molar-refractivity contribution >= 4 is 5.91 Å². The van der Waals surface area contributed by atoms with Gasteiger partial charge in [-0.1, -0.05) is 6.07 Å². The van der Waals surface area contributed by atoms with Gasteiger partial charge in [-0.15, -0.1) is 0 Å². The molecule has 1 atom stereocenters. The second kappa shape index (κ2) is 7.15. The van der Waals surface area contributed by atoms with E-state index in [1.165, 1.54) is 11.8 Å². The summed E-state index contributed by atoms with van der Waals surface area (Å²) in [7, 11) is 0. The highest BCUT2D eigenvalue weighted by molar-refractivity contribution is 5.92. The van der Waals surface area contributed by atoms with Crippen molar-refractivity contribution in [1.29, 1.82) is 0 Å². The Morgan fingerprint density at radius 2 is 2.35 bits per heavy atom. The van der Waals surface area contributed by atoms with Gasteiger partial charge >= 0.3 is 0 Å². The summed E-state index contributed by atoms with van der Waals surface area (Å²) < 4.78 is 0. The molecular formula is C16H19N5O2. The van der Waals surface area contributed by atoms with Crippen LogP contribution in [0, 0.1) is 0 Å². The second-order valence-corrected chi connectivity index (χ2v) is 5.71. The summed E-state index contributed by atoms with van der Waals surface area (Å²) in [4.78, 5) is 35.9. The Kier molecular flexibility index (Phi) is 4.77. The number of rotatable bonds is 4. The number of piperidine rings is 1. The molecule has 23 heavy (non-hydrogen) atoms. The Morgan fingerprint density at radius 3 is 3.09 bits per heavy atom. The summed E-state index contributed by atoms with van der Waals surface area (Å²) in [6.07, 6.45) is 8.06. The molecule has 0 spiro atoms. The molecule has 0 radical (unpaired) electrons. The predicted octanol–water partition coefficient (Wildman–Crippen LogP) is 0.559. The zero-order chi connectivity index (χ0) is 16.1. The number of likely N-dealkylation sites (tertiary alicyclic amines) is 1. The lowest BCUT2D eigenvalue weighted by atomic mass is 10.0. The molecule has 0 bridgehead atoms. The third kappa shape index (κ3) is 4.23. The molecule has 7 heteroatoms. The van der Waals surface area contributed by atoms with E-state index in [0.717, 1.165) is 38.7 Å². The quantitative estimate of drug-likeness (QED) is 0.860. The zero-order valence-electron chi connectivity index (χ0n) is 12.7. The lowest BCUT2D eigenvalue weighted by molar-refractivity contribution is 0.0895. The van der Waals surface area contributed by atoms with Gasteiger partial charge in [0.25, 0.3) is 11.5 Å². The van der Waals surface area contributed by atoms with Crippen LogP contribution in [-0.2, 0) is 6.54 Å². The van der Waals surface area contributed by atoms with Crippen LogP contribution in [0.1, 0.15) is 28.9 Å². The number of H-pyrrole nitrogens is 1. The number of hydrogen-bond acceptors (Lipinski definition) is 5. The standard InChI is InChI=1S/C16H19N5O2/c22-15-9-18-14(8-19-15)16(23)20-13-4-2-6-21(11-13)10-12-3-1-5-17-7-12/h1,3,5,7-9,13H,2,4,6,10-11H2,(H,19,22)(H,20,23). The molecule has 1 saturated heterocycles. The molecule has 3 rings (SSSR count). The van der Waals surface area contributed by atoms with E-state index in [1.54, 1.807) is 6.20 Å². The maximum Gasteiger partial charge on any atom is 0.271 e. The summed E-state index contributed by atoms with van der Waals surface area (Å²) in [5, 5.41) is 2.99. The van der Waals surface area contributed by atoms with Gasteiger partial charge in [-0.25, -0.2) is 4.98 Å². The summed E-state index contributed by atoms with van der Waals surface area (Å²) >= 11 is 0. The molecule has 1 fully saturated rings. The van der Waals surface area contributed by atoms with Crippen LogP contribution in [0.2, 0.25) is 0 Å². The van der Waals surface area contributed by atoms with Crippen molar-refractivity contribution in [3.8, 4) is 0 Å². The molecule has 1 aliphatic rings. The van der Waals surface area contributed by atoms with Gasteiger partial charge in [0.15, 0.2) is 0 Å². The molecule has 3 heterocycles. The molecule has 0 aliphatic carbocycles. The molecule has 7 nitrogen and oxygen atoms in total. The van der Waals surface area contributed by atoms with Crippen LogP contribution in [0.3, 0.4) is 0 Å². The molecule has 1 amide bonds. The summed E-state index contributed by atoms with van der Waals surface area (Å²) in [6.45, 7) is 2.64. The summed E-state index contributed by atoms with van der Waals surface area (Å²) in [5.41, 5.74) is 1.08. The van der Waals surface area contributed by atoms with Crippen LogP contribution < -0.4 is 10.9 Å². The molecule has 2 aromatic heterocycles. The number of nitrogens with one attached hydrogen (secondary N) is 2. The maximum absolute atomic E-state index is 12.2.